The third kappa shape index (κ3) is 5.14. The van der Waals surface area contributed by atoms with E-state index in [0.717, 1.165) is 0 Å². The van der Waals surface area contributed by atoms with Gasteiger partial charge in [-0.3, -0.25) is 4.79 Å². The Morgan fingerprint density at radius 3 is 2.32 bits per heavy atom. The molecule has 1 aromatic carbocycles. The van der Waals surface area contributed by atoms with Crippen LogP contribution in [0.25, 0.3) is 0 Å². The summed E-state index contributed by atoms with van der Waals surface area (Å²) in [6.45, 7) is 2.02. The molecule has 0 aliphatic heterocycles. The second kappa shape index (κ2) is 6.39. The fourth-order valence-corrected chi connectivity index (χ4v) is 2.46. The smallest absolute Gasteiger partial charge is 0.251 e. The molecule has 0 unspecified atom stereocenters. The van der Waals surface area contributed by atoms with Crippen LogP contribution >= 0.6 is 0 Å². The molecule has 0 fully saturated rings. The Morgan fingerprint density at radius 2 is 1.79 bits per heavy atom. The maximum Gasteiger partial charge on any atom is 0.251 e. The minimum Gasteiger partial charge on any atom is -0.399 e. The number of anilines is 2. The van der Waals surface area contributed by atoms with E-state index in [4.69, 9.17) is 11.5 Å². The zero-order valence-electron chi connectivity index (χ0n) is 10.6. The van der Waals surface area contributed by atoms with E-state index in [1.165, 1.54) is 18.2 Å². The van der Waals surface area contributed by atoms with Crippen molar-refractivity contribution in [1.29, 1.82) is 0 Å². The Labute approximate surface area is 112 Å². The number of rotatable bonds is 6. The van der Waals surface area contributed by atoms with Gasteiger partial charge < -0.3 is 16.8 Å². The largest absolute Gasteiger partial charge is 0.399 e. The van der Waals surface area contributed by atoms with Gasteiger partial charge in [0.05, 0.1) is 5.75 Å². The monoisotopic (exact) mass is 286 g/mol. The van der Waals surface area contributed by atoms with Crippen LogP contribution in [0.3, 0.4) is 0 Å². The summed E-state index contributed by atoms with van der Waals surface area (Å²) in [4.78, 5) is 11.8. The second-order valence-corrected chi connectivity index (χ2v) is 5.89. The highest BCUT2D eigenvalue weighted by molar-refractivity contribution is 7.89. The number of carbonyl (C=O) groups is 1. The van der Waals surface area contributed by atoms with Crippen molar-refractivity contribution in [2.45, 2.75) is 6.92 Å². The molecule has 1 rings (SSSR count). The lowest BCUT2D eigenvalue weighted by molar-refractivity contribution is 0.0956. The van der Waals surface area contributed by atoms with Crippen molar-refractivity contribution >= 4 is 27.3 Å². The number of hydrogen-bond acceptors (Lipinski definition) is 5. The molecule has 0 atom stereocenters. The number of nitrogens with two attached hydrogens (primary N) is 2. The Bertz CT molecular complexity index is 537. The van der Waals surface area contributed by atoms with E-state index in [1.807, 2.05) is 0 Å². The molecule has 0 aliphatic rings. The molecule has 106 valence electrons. The van der Waals surface area contributed by atoms with Gasteiger partial charge in [0, 0.05) is 30.0 Å². The minimum absolute atomic E-state index is 0.0167. The predicted molar refractivity (Wildman–Crippen MR) is 75.1 cm³/mol. The molecule has 7 nitrogen and oxygen atoms in total. The van der Waals surface area contributed by atoms with Crippen LogP contribution in [0.1, 0.15) is 17.3 Å². The Morgan fingerprint density at radius 1 is 1.21 bits per heavy atom. The Kier molecular flexibility index (Phi) is 5.13. The van der Waals surface area contributed by atoms with Gasteiger partial charge in [-0.15, -0.1) is 0 Å². The van der Waals surface area contributed by atoms with Crippen molar-refractivity contribution in [3.63, 3.8) is 0 Å². The van der Waals surface area contributed by atoms with Crippen LogP contribution in [0.15, 0.2) is 18.2 Å². The van der Waals surface area contributed by atoms with Crippen molar-refractivity contribution in [2.75, 3.05) is 30.3 Å². The standard InChI is InChI=1S/C11H18N4O3S/c1-2-15-19(17,18)4-3-14-11(16)8-5-9(12)7-10(13)6-8/h5-7,15H,2-4,12-13H2,1H3,(H,14,16). The SMILES string of the molecule is CCNS(=O)(=O)CCNC(=O)c1cc(N)cc(N)c1. The molecule has 0 aliphatic carbocycles. The van der Waals surface area contributed by atoms with E-state index in [0.29, 0.717) is 23.5 Å². The van der Waals surface area contributed by atoms with Crippen LogP contribution in [0.2, 0.25) is 0 Å². The molecule has 0 radical (unpaired) electrons. The van der Waals surface area contributed by atoms with Crippen LogP contribution in [0.4, 0.5) is 11.4 Å². The fraction of sp³-hybridized carbons (Fsp3) is 0.364. The summed E-state index contributed by atoms with van der Waals surface area (Å²) in [5.74, 6) is -0.588. The Balaban J connectivity index is 2.57. The highest BCUT2D eigenvalue weighted by atomic mass is 32.2. The van der Waals surface area contributed by atoms with Gasteiger partial charge in [0.15, 0.2) is 0 Å². The van der Waals surface area contributed by atoms with Gasteiger partial charge in [-0.2, -0.15) is 0 Å². The summed E-state index contributed by atoms with van der Waals surface area (Å²) in [6.07, 6.45) is 0. The lowest BCUT2D eigenvalue weighted by Gasteiger charge is -2.08. The van der Waals surface area contributed by atoms with Crippen molar-refractivity contribution < 1.29 is 13.2 Å². The number of nitrogen functional groups attached to an aromatic ring is 2. The maximum atomic E-state index is 11.8. The first kappa shape index (κ1) is 15.3. The van der Waals surface area contributed by atoms with E-state index in [1.54, 1.807) is 6.92 Å². The van der Waals surface area contributed by atoms with Crippen LogP contribution in [-0.4, -0.2) is 33.2 Å². The summed E-state index contributed by atoms with van der Waals surface area (Å²) in [5.41, 5.74) is 12.2. The van der Waals surface area contributed by atoms with E-state index >= 15 is 0 Å². The molecule has 0 bridgehead atoms. The molecular weight excluding hydrogens is 268 g/mol. The van der Waals surface area contributed by atoms with Crippen LogP contribution in [0, 0.1) is 0 Å². The lowest BCUT2D eigenvalue weighted by Crippen LogP contribution is -2.34. The van der Waals surface area contributed by atoms with E-state index in [2.05, 4.69) is 10.0 Å². The average molecular weight is 286 g/mol. The zero-order valence-corrected chi connectivity index (χ0v) is 11.5. The van der Waals surface area contributed by atoms with Crippen molar-refractivity contribution in [2.24, 2.45) is 0 Å². The predicted octanol–water partition coefficient (Wildman–Crippen LogP) is -0.480. The first-order chi connectivity index (χ1) is 8.84. The van der Waals surface area contributed by atoms with Gasteiger partial charge in [-0.05, 0) is 18.2 Å². The van der Waals surface area contributed by atoms with Crippen molar-refractivity contribution in [3.8, 4) is 0 Å². The van der Waals surface area contributed by atoms with Gasteiger partial charge in [-0.25, -0.2) is 13.1 Å². The maximum absolute atomic E-state index is 11.8. The molecule has 0 spiro atoms. The molecule has 8 heteroatoms. The first-order valence-electron chi connectivity index (χ1n) is 5.75. The molecule has 0 heterocycles. The first-order valence-corrected chi connectivity index (χ1v) is 7.41. The van der Waals surface area contributed by atoms with Crippen LogP contribution in [-0.2, 0) is 10.0 Å². The van der Waals surface area contributed by atoms with E-state index in [-0.39, 0.29) is 12.3 Å². The highest BCUT2D eigenvalue weighted by Gasteiger charge is 2.11. The van der Waals surface area contributed by atoms with E-state index in [9.17, 15) is 13.2 Å². The third-order valence-corrected chi connectivity index (χ3v) is 3.73. The second-order valence-electron chi connectivity index (χ2n) is 3.96. The summed E-state index contributed by atoms with van der Waals surface area (Å²) in [6, 6.07) is 4.49. The molecule has 0 aromatic heterocycles. The highest BCUT2D eigenvalue weighted by Crippen LogP contribution is 2.13. The molecule has 1 amide bonds. The number of nitrogens with one attached hydrogen (secondary N) is 2. The van der Waals surface area contributed by atoms with Gasteiger partial charge in [0.25, 0.3) is 5.91 Å². The van der Waals surface area contributed by atoms with Gasteiger partial charge in [0.1, 0.15) is 0 Å². The fourth-order valence-electron chi connectivity index (χ4n) is 1.50. The van der Waals surface area contributed by atoms with Crippen LogP contribution < -0.4 is 21.5 Å². The average Bonchev–Trinajstić information content (AvgIpc) is 2.27. The molecule has 1 aromatic rings. The van der Waals surface area contributed by atoms with Gasteiger partial charge >= 0.3 is 0 Å². The molecule has 0 saturated carbocycles. The minimum atomic E-state index is -3.34. The molecular formula is C11H18N4O3S. The third-order valence-electron chi connectivity index (χ3n) is 2.26. The molecule has 6 N–H and O–H groups in total. The summed E-state index contributed by atoms with van der Waals surface area (Å²) >= 11 is 0. The summed E-state index contributed by atoms with van der Waals surface area (Å²) < 4.78 is 25.0. The van der Waals surface area contributed by atoms with Crippen molar-refractivity contribution in [1.82, 2.24) is 10.0 Å². The number of carbonyl (C=O) groups excluding carboxylic acids is 1. The zero-order chi connectivity index (χ0) is 14.5. The van der Waals surface area contributed by atoms with E-state index < -0.39 is 15.9 Å². The normalized spacial score (nSPS) is 11.2. The molecule has 19 heavy (non-hydrogen) atoms. The van der Waals surface area contributed by atoms with Crippen molar-refractivity contribution in [3.05, 3.63) is 23.8 Å². The number of benzene rings is 1. The number of hydrogen-bond donors (Lipinski definition) is 4. The Hall–Kier alpha value is -1.80. The number of amides is 1. The number of sulfonamides is 1. The van der Waals surface area contributed by atoms with Crippen LogP contribution in [0.5, 0.6) is 0 Å². The summed E-state index contributed by atoms with van der Waals surface area (Å²) in [7, 11) is -3.34. The topological polar surface area (TPSA) is 127 Å². The lowest BCUT2D eigenvalue weighted by atomic mass is 10.1. The summed E-state index contributed by atoms with van der Waals surface area (Å²) in [5, 5.41) is 2.50. The van der Waals surface area contributed by atoms with Gasteiger partial charge in [0.2, 0.25) is 10.0 Å². The quantitative estimate of drug-likeness (QED) is 0.525. The molecule has 0 saturated heterocycles. The van der Waals surface area contributed by atoms with Gasteiger partial charge in [-0.1, -0.05) is 6.92 Å².